The molecule has 2 saturated heterocycles. The van der Waals surface area contributed by atoms with E-state index in [0.717, 1.165) is 54.7 Å². The van der Waals surface area contributed by atoms with Crippen molar-refractivity contribution in [2.24, 2.45) is 0 Å². The lowest BCUT2D eigenvalue weighted by atomic mass is 10.1. The van der Waals surface area contributed by atoms with E-state index >= 15 is 0 Å². The normalized spacial score (nSPS) is 20.1. The van der Waals surface area contributed by atoms with Crippen molar-refractivity contribution in [2.75, 3.05) is 39.4 Å². The molecule has 1 aromatic heterocycles. The van der Waals surface area contributed by atoms with Crippen LogP contribution in [-0.2, 0) is 4.74 Å². The third-order valence-electron chi connectivity index (χ3n) is 4.85. The SMILES string of the molecule is Cc1nc(C)c(C(=O)N(CCN2CCCC2)C2CCOCC2)s1. The molecule has 23 heavy (non-hydrogen) atoms. The summed E-state index contributed by atoms with van der Waals surface area (Å²) in [5.41, 5.74) is 0.871. The van der Waals surface area contributed by atoms with Gasteiger partial charge in [-0.2, -0.15) is 0 Å². The summed E-state index contributed by atoms with van der Waals surface area (Å²) in [5.74, 6) is 0.166. The summed E-state index contributed by atoms with van der Waals surface area (Å²) in [7, 11) is 0. The van der Waals surface area contributed by atoms with E-state index in [2.05, 4.69) is 14.8 Å². The van der Waals surface area contributed by atoms with Crippen molar-refractivity contribution < 1.29 is 9.53 Å². The molecule has 5 nitrogen and oxygen atoms in total. The van der Waals surface area contributed by atoms with E-state index in [-0.39, 0.29) is 5.91 Å². The fraction of sp³-hybridized carbons (Fsp3) is 0.765. The summed E-state index contributed by atoms with van der Waals surface area (Å²) >= 11 is 1.53. The summed E-state index contributed by atoms with van der Waals surface area (Å²) in [6, 6.07) is 0.306. The third-order valence-corrected chi connectivity index (χ3v) is 5.91. The number of ether oxygens (including phenoxy) is 1. The highest BCUT2D eigenvalue weighted by Gasteiger charge is 2.29. The van der Waals surface area contributed by atoms with Crippen LogP contribution in [0.1, 0.15) is 46.1 Å². The summed E-state index contributed by atoms with van der Waals surface area (Å²) in [5, 5.41) is 0.970. The molecule has 0 aromatic carbocycles. The van der Waals surface area contributed by atoms with E-state index in [1.54, 1.807) is 0 Å². The van der Waals surface area contributed by atoms with Crippen LogP contribution in [0.5, 0.6) is 0 Å². The van der Waals surface area contributed by atoms with Gasteiger partial charge in [-0.1, -0.05) is 0 Å². The zero-order valence-corrected chi connectivity index (χ0v) is 15.0. The number of amides is 1. The second-order valence-corrected chi connectivity index (χ2v) is 7.74. The van der Waals surface area contributed by atoms with Crippen LogP contribution >= 0.6 is 11.3 Å². The van der Waals surface area contributed by atoms with Gasteiger partial charge in [-0.25, -0.2) is 4.98 Å². The van der Waals surface area contributed by atoms with Gasteiger partial charge >= 0.3 is 0 Å². The minimum absolute atomic E-state index is 0.166. The molecular formula is C17H27N3O2S. The second kappa shape index (κ2) is 7.73. The van der Waals surface area contributed by atoms with Gasteiger partial charge in [-0.15, -0.1) is 11.3 Å². The Kier molecular flexibility index (Phi) is 5.67. The predicted octanol–water partition coefficient (Wildman–Crippen LogP) is 2.48. The number of hydrogen-bond acceptors (Lipinski definition) is 5. The Bertz CT molecular complexity index is 534. The van der Waals surface area contributed by atoms with Crippen molar-refractivity contribution in [3.05, 3.63) is 15.6 Å². The molecule has 0 spiro atoms. The Morgan fingerprint density at radius 2 is 2.00 bits per heavy atom. The van der Waals surface area contributed by atoms with Crippen LogP contribution in [0, 0.1) is 13.8 Å². The molecule has 0 unspecified atom stereocenters. The molecular weight excluding hydrogens is 310 g/mol. The van der Waals surface area contributed by atoms with Gasteiger partial charge in [0.05, 0.1) is 10.7 Å². The van der Waals surface area contributed by atoms with Crippen LogP contribution in [0.25, 0.3) is 0 Å². The fourth-order valence-corrected chi connectivity index (χ4v) is 4.44. The highest BCUT2D eigenvalue weighted by atomic mass is 32.1. The molecule has 2 aliphatic heterocycles. The third kappa shape index (κ3) is 4.11. The Labute approximate surface area is 142 Å². The maximum absolute atomic E-state index is 13.1. The van der Waals surface area contributed by atoms with E-state index in [0.29, 0.717) is 6.04 Å². The van der Waals surface area contributed by atoms with Gasteiger partial charge in [0.15, 0.2) is 0 Å². The van der Waals surface area contributed by atoms with Gasteiger partial charge in [-0.3, -0.25) is 4.79 Å². The van der Waals surface area contributed by atoms with Crippen LogP contribution in [-0.4, -0.2) is 66.1 Å². The van der Waals surface area contributed by atoms with Gasteiger partial charge in [0, 0.05) is 32.3 Å². The molecule has 3 heterocycles. The first-order valence-corrected chi connectivity index (χ1v) is 9.52. The van der Waals surface area contributed by atoms with Crippen molar-refractivity contribution in [1.29, 1.82) is 0 Å². The van der Waals surface area contributed by atoms with Gasteiger partial charge in [0.2, 0.25) is 0 Å². The molecule has 1 aromatic rings. The first kappa shape index (κ1) is 16.9. The zero-order valence-electron chi connectivity index (χ0n) is 14.2. The lowest BCUT2D eigenvalue weighted by Crippen LogP contribution is -2.46. The summed E-state index contributed by atoms with van der Waals surface area (Å²) in [4.78, 5) is 22.9. The molecule has 128 valence electrons. The summed E-state index contributed by atoms with van der Waals surface area (Å²) in [6.07, 6.45) is 4.47. The number of thiazole rings is 1. The number of likely N-dealkylation sites (tertiary alicyclic amines) is 1. The van der Waals surface area contributed by atoms with E-state index in [1.807, 2.05) is 13.8 Å². The molecule has 0 radical (unpaired) electrons. The van der Waals surface area contributed by atoms with Crippen LogP contribution in [0.15, 0.2) is 0 Å². The number of hydrogen-bond donors (Lipinski definition) is 0. The average molecular weight is 337 g/mol. The lowest BCUT2D eigenvalue weighted by molar-refractivity contribution is 0.0272. The molecule has 2 fully saturated rings. The van der Waals surface area contributed by atoms with Crippen molar-refractivity contribution in [1.82, 2.24) is 14.8 Å². The van der Waals surface area contributed by atoms with Gasteiger partial charge in [0.25, 0.3) is 5.91 Å². The fourth-order valence-electron chi connectivity index (χ4n) is 3.56. The van der Waals surface area contributed by atoms with Gasteiger partial charge in [-0.05, 0) is 52.6 Å². The molecule has 0 aliphatic carbocycles. The largest absolute Gasteiger partial charge is 0.381 e. The van der Waals surface area contributed by atoms with Crippen LogP contribution in [0.3, 0.4) is 0 Å². The van der Waals surface area contributed by atoms with Crippen LogP contribution in [0.2, 0.25) is 0 Å². The number of nitrogens with zero attached hydrogens (tertiary/aromatic N) is 3. The Balaban J connectivity index is 1.72. The van der Waals surface area contributed by atoms with E-state index in [9.17, 15) is 4.79 Å². The second-order valence-electron chi connectivity index (χ2n) is 6.54. The van der Waals surface area contributed by atoms with Crippen molar-refractivity contribution in [3.63, 3.8) is 0 Å². The molecule has 0 bridgehead atoms. The Morgan fingerprint density at radius 3 is 2.61 bits per heavy atom. The van der Waals surface area contributed by atoms with Crippen LogP contribution < -0.4 is 0 Å². The minimum Gasteiger partial charge on any atom is -0.381 e. The maximum Gasteiger partial charge on any atom is 0.266 e. The standard InChI is InChI=1S/C17H27N3O2S/c1-13-16(23-14(2)18-13)17(21)20(15-5-11-22-12-6-15)10-9-19-7-3-4-8-19/h15H,3-12H2,1-2H3. The Hall–Kier alpha value is -0.980. The monoisotopic (exact) mass is 337 g/mol. The van der Waals surface area contributed by atoms with E-state index in [1.165, 1.54) is 37.3 Å². The van der Waals surface area contributed by atoms with Gasteiger partial charge < -0.3 is 14.5 Å². The van der Waals surface area contributed by atoms with Gasteiger partial charge in [0.1, 0.15) is 4.88 Å². The maximum atomic E-state index is 13.1. The van der Waals surface area contributed by atoms with Crippen molar-refractivity contribution in [3.8, 4) is 0 Å². The minimum atomic E-state index is 0.166. The van der Waals surface area contributed by atoms with Crippen molar-refractivity contribution in [2.45, 2.75) is 45.6 Å². The predicted molar refractivity (Wildman–Crippen MR) is 92.1 cm³/mol. The summed E-state index contributed by atoms with van der Waals surface area (Å²) in [6.45, 7) is 9.59. The number of carbonyl (C=O) groups is 1. The van der Waals surface area contributed by atoms with E-state index in [4.69, 9.17) is 4.74 Å². The lowest BCUT2D eigenvalue weighted by Gasteiger charge is -2.35. The first-order valence-electron chi connectivity index (χ1n) is 8.70. The number of carbonyl (C=O) groups excluding carboxylic acids is 1. The quantitative estimate of drug-likeness (QED) is 0.828. The molecule has 3 rings (SSSR count). The first-order chi connectivity index (χ1) is 11.1. The van der Waals surface area contributed by atoms with Crippen LogP contribution in [0.4, 0.5) is 0 Å². The molecule has 0 atom stereocenters. The molecule has 0 saturated carbocycles. The molecule has 6 heteroatoms. The van der Waals surface area contributed by atoms with Crippen molar-refractivity contribution >= 4 is 17.2 Å². The Morgan fingerprint density at radius 1 is 1.30 bits per heavy atom. The number of rotatable bonds is 5. The zero-order chi connectivity index (χ0) is 16.2. The smallest absolute Gasteiger partial charge is 0.266 e. The summed E-state index contributed by atoms with van der Waals surface area (Å²) < 4.78 is 5.48. The highest BCUT2D eigenvalue weighted by Crippen LogP contribution is 2.23. The van der Waals surface area contributed by atoms with E-state index < -0.39 is 0 Å². The molecule has 1 amide bonds. The number of aryl methyl sites for hydroxylation is 2. The molecule has 0 N–H and O–H groups in total. The highest BCUT2D eigenvalue weighted by molar-refractivity contribution is 7.13. The average Bonchev–Trinajstić information content (AvgIpc) is 3.18. The topological polar surface area (TPSA) is 45.7 Å². The molecule has 2 aliphatic rings. The number of aromatic nitrogens is 1.